The molecule has 2 N–H and O–H groups in total. The van der Waals surface area contributed by atoms with E-state index in [2.05, 4.69) is 19.2 Å². The fourth-order valence-electron chi connectivity index (χ4n) is 3.25. The molecule has 0 bridgehead atoms. The van der Waals surface area contributed by atoms with Crippen LogP contribution < -0.4 is 5.32 Å². The van der Waals surface area contributed by atoms with Gasteiger partial charge in [-0.3, -0.25) is 0 Å². The molecule has 0 aromatic rings. The number of hydrogen-bond donors (Lipinski definition) is 2. The van der Waals surface area contributed by atoms with Gasteiger partial charge in [-0.05, 0) is 24.7 Å². The Balaban J connectivity index is 0.000000295. The van der Waals surface area contributed by atoms with E-state index in [1.54, 1.807) is 0 Å². The Morgan fingerprint density at radius 3 is 2.23 bits per heavy atom. The number of carboxylic acids is 1. The molecule has 22 heavy (non-hydrogen) atoms. The van der Waals surface area contributed by atoms with Crippen LogP contribution in [0.15, 0.2) is 0 Å². The summed E-state index contributed by atoms with van der Waals surface area (Å²) in [5.41, 5.74) is 0.204. The van der Waals surface area contributed by atoms with Gasteiger partial charge in [0.25, 0.3) is 0 Å². The maximum atomic E-state index is 10.6. The lowest BCUT2D eigenvalue weighted by molar-refractivity contribution is -0.192. The van der Waals surface area contributed by atoms with Crippen LogP contribution >= 0.6 is 0 Å². The predicted molar refractivity (Wildman–Crippen MR) is 76.7 cm³/mol. The topological polar surface area (TPSA) is 58.6 Å². The summed E-state index contributed by atoms with van der Waals surface area (Å²) < 4.78 is 37.9. The van der Waals surface area contributed by atoms with E-state index in [0.29, 0.717) is 0 Å². The van der Waals surface area contributed by atoms with E-state index in [1.807, 2.05) is 0 Å². The largest absolute Gasteiger partial charge is 0.490 e. The molecule has 2 unspecified atom stereocenters. The second-order valence-corrected chi connectivity index (χ2v) is 6.19. The number of halogens is 3. The van der Waals surface area contributed by atoms with Crippen LogP contribution in [0, 0.1) is 11.8 Å². The molecule has 1 heterocycles. The average molecular weight is 325 g/mol. The molecule has 2 aliphatic rings. The Hall–Kier alpha value is -0.820. The number of aliphatic carboxylic acids is 1. The van der Waals surface area contributed by atoms with Gasteiger partial charge in [-0.15, -0.1) is 0 Å². The summed E-state index contributed by atoms with van der Waals surface area (Å²) in [6.07, 6.45) is 1.68. The van der Waals surface area contributed by atoms with Crippen molar-refractivity contribution in [1.29, 1.82) is 0 Å². The van der Waals surface area contributed by atoms with E-state index in [-0.39, 0.29) is 5.60 Å². The summed E-state index contributed by atoms with van der Waals surface area (Å²) in [6, 6.07) is 0. The minimum Gasteiger partial charge on any atom is -0.475 e. The third kappa shape index (κ3) is 5.12. The summed E-state index contributed by atoms with van der Waals surface area (Å²) in [4.78, 5) is 8.90. The zero-order valence-electron chi connectivity index (χ0n) is 13.2. The molecule has 2 fully saturated rings. The number of hydrogen-bond acceptors (Lipinski definition) is 3. The maximum absolute atomic E-state index is 10.6. The molecular formula is C15H26F3NO3. The first-order valence-corrected chi connectivity index (χ1v) is 7.87. The second-order valence-electron chi connectivity index (χ2n) is 6.19. The van der Waals surface area contributed by atoms with E-state index >= 15 is 0 Å². The Morgan fingerprint density at radius 1 is 1.32 bits per heavy atom. The molecule has 2 rings (SSSR count). The summed E-state index contributed by atoms with van der Waals surface area (Å²) >= 11 is 0. The molecule has 4 nitrogen and oxygen atoms in total. The lowest BCUT2D eigenvalue weighted by atomic mass is 9.68. The van der Waals surface area contributed by atoms with Gasteiger partial charge in [0, 0.05) is 19.7 Å². The van der Waals surface area contributed by atoms with Gasteiger partial charge in [0.05, 0.1) is 5.60 Å². The number of ether oxygens (including phenoxy) is 1. The highest BCUT2D eigenvalue weighted by atomic mass is 19.4. The van der Waals surface area contributed by atoms with Gasteiger partial charge in [0.2, 0.25) is 0 Å². The molecule has 1 saturated carbocycles. The number of rotatable bonds is 4. The van der Waals surface area contributed by atoms with Gasteiger partial charge in [0.15, 0.2) is 0 Å². The molecule has 7 heteroatoms. The standard InChI is InChI=1S/C13H25NO.C2HF3O2/c1-3-8-15-13(9-14-10-13)12-7-5-4-6-11(12)2;3-2(4,5)1(6)7/h11-12,14H,3-10H2,1-2H3;(H,6,7). The van der Waals surface area contributed by atoms with E-state index in [0.717, 1.165) is 38.0 Å². The van der Waals surface area contributed by atoms with Crippen LogP contribution in [-0.2, 0) is 9.53 Å². The highest BCUT2D eigenvalue weighted by molar-refractivity contribution is 5.73. The van der Waals surface area contributed by atoms with Crippen molar-refractivity contribution < 1.29 is 27.8 Å². The number of carboxylic acid groups (broad SMARTS) is 1. The molecule has 1 saturated heterocycles. The number of alkyl halides is 3. The van der Waals surface area contributed by atoms with Crippen LogP contribution in [0.5, 0.6) is 0 Å². The SMILES string of the molecule is CCCOC1(C2CCCCC2C)CNC1.O=C(O)C(F)(F)F. The van der Waals surface area contributed by atoms with Gasteiger partial charge in [-0.2, -0.15) is 13.2 Å². The molecule has 0 aromatic heterocycles. The molecule has 0 aromatic carbocycles. The lowest BCUT2D eigenvalue weighted by Crippen LogP contribution is -2.66. The number of nitrogens with one attached hydrogen (secondary N) is 1. The highest BCUT2D eigenvalue weighted by Crippen LogP contribution is 2.41. The Labute approximate surface area is 129 Å². The van der Waals surface area contributed by atoms with Crippen molar-refractivity contribution in [1.82, 2.24) is 5.32 Å². The minimum atomic E-state index is -5.08. The van der Waals surface area contributed by atoms with Crippen LogP contribution in [0.3, 0.4) is 0 Å². The van der Waals surface area contributed by atoms with Gasteiger partial charge >= 0.3 is 12.1 Å². The summed E-state index contributed by atoms with van der Waals surface area (Å²) in [7, 11) is 0. The van der Waals surface area contributed by atoms with E-state index in [9.17, 15) is 13.2 Å². The highest BCUT2D eigenvalue weighted by Gasteiger charge is 2.47. The van der Waals surface area contributed by atoms with Crippen molar-refractivity contribution in [3.8, 4) is 0 Å². The molecular weight excluding hydrogens is 299 g/mol. The summed E-state index contributed by atoms with van der Waals surface area (Å²) in [5, 5.41) is 10.5. The zero-order chi connectivity index (χ0) is 16.8. The van der Waals surface area contributed by atoms with E-state index in [4.69, 9.17) is 14.6 Å². The van der Waals surface area contributed by atoms with Crippen LogP contribution in [0.4, 0.5) is 13.2 Å². The Kier molecular flexibility index (Phi) is 7.12. The molecule has 1 aliphatic carbocycles. The van der Waals surface area contributed by atoms with Gasteiger partial charge in [-0.25, -0.2) is 4.79 Å². The third-order valence-electron chi connectivity index (χ3n) is 4.47. The van der Waals surface area contributed by atoms with Crippen LogP contribution in [0.1, 0.15) is 46.0 Å². The van der Waals surface area contributed by atoms with E-state index in [1.165, 1.54) is 25.7 Å². The molecule has 130 valence electrons. The third-order valence-corrected chi connectivity index (χ3v) is 4.47. The zero-order valence-corrected chi connectivity index (χ0v) is 13.2. The second kappa shape index (κ2) is 8.15. The van der Waals surface area contributed by atoms with Gasteiger partial charge in [0.1, 0.15) is 0 Å². The van der Waals surface area contributed by atoms with Crippen molar-refractivity contribution in [2.45, 2.75) is 57.7 Å². The first-order valence-electron chi connectivity index (χ1n) is 7.87. The van der Waals surface area contributed by atoms with Crippen LogP contribution in [0.2, 0.25) is 0 Å². The Bertz CT molecular complexity index is 356. The Morgan fingerprint density at radius 2 is 1.86 bits per heavy atom. The van der Waals surface area contributed by atoms with Crippen molar-refractivity contribution >= 4 is 5.97 Å². The molecule has 2 atom stereocenters. The lowest BCUT2D eigenvalue weighted by Gasteiger charge is -2.51. The number of carbonyl (C=O) groups is 1. The minimum absolute atomic E-state index is 0.204. The van der Waals surface area contributed by atoms with Gasteiger partial charge in [-0.1, -0.05) is 33.1 Å². The van der Waals surface area contributed by atoms with Crippen LogP contribution in [0.25, 0.3) is 0 Å². The quantitative estimate of drug-likeness (QED) is 0.833. The van der Waals surface area contributed by atoms with Gasteiger partial charge < -0.3 is 15.2 Å². The monoisotopic (exact) mass is 325 g/mol. The van der Waals surface area contributed by atoms with Crippen molar-refractivity contribution in [3.05, 3.63) is 0 Å². The summed E-state index contributed by atoms with van der Waals surface area (Å²) in [5.74, 6) is -1.09. The van der Waals surface area contributed by atoms with Crippen molar-refractivity contribution in [2.24, 2.45) is 11.8 Å². The fraction of sp³-hybridized carbons (Fsp3) is 0.933. The predicted octanol–water partition coefficient (Wildman–Crippen LogP) is 3.21. The molecule has 0 spiro atoms. The van der Waals surface area contributed by atoms with Crippen LogP contribution in [-0.4, -0.2) is 42.5 Å². The fourth-order valence-corrected chi connectivity index (χ4v) is 3.25. The maximum Gasteiger partial charge on any atom is 0.490 e. The summed E-state index contributed by atoms with van der Waals surface area (Å²) in [6.45, 7) is 7.72. The first kappa shape index (κ1) is 19.2. The first-order chi connectivity index (χ1) is 10.2. The molecule has 0 radical (unpaired) electrons. The average Bonchev–Trinajstić information content (AvgIpc) is 2.39. The normalized spacial score (nSPS) is 27.3. The molecule has 0 amide bonds. The molecule has 1 aliphatic heterocycles. The van der Waals surface area contributed by atoms with Crippen molar-refractivity contribution in [3.63, 3.8) is 0 Å². The smallest absolute Gasteiger partial charge is 0.475 e. The van der Waals surface area contributed by atoms with E-state index < -0.39 is 12.1 Å². The van der Waals surface area contributed by atoms with Crippen molar-refractivity contribution in [2.75, 3.05) is 19.7 Å².